The van der Waals surface area contributed by atoms with Crippen molar-refractivity contribution in [2.45, 2.75) is 13.8 Å². The summed E-state index contributed by atoms with van der Waals surface area (Å²) in [6.45, 7) is 3.98. The van der Waals surface area contributed by atoms with E-state index in [1.54, 1.807) is 32.4 Å². The maximum absolute atomic E-state index is 12.2. The lowest BCUT2D eigenvalue weighted by Crippen LogP contribution is -2.20. The van der Waals surface area contributed by atoms with Crippen molar-refractivity contribution in [1.29, 1.82) is 0 Å². The summed E-state index contributed by atoms with van der Waals surface area (Å²) in [6.07, 6.45) is 0. The normalized spacial score (nSPS) is 10.0. The topological polar surface area (TPSA) is 59.6 Å². The number of amides is 2. The average molecular weight is 300 g/mol. The van der Waals surface area contributed by atoms with Crippen molar-refractivity contribution in [3.05, 3.63) is 47.5 Å². The van der Waals surface area contributed by atoms with Crippen molar-refractivity contribution in [2.24, 2.45) is 0 Å². The molecule has 0 atom stereocenters. The van der Waals surface area contributed by atoms with Gasteiger partial charge in [0.15, 0.2) is 0 Å². The van der Waals surface area contributed by atoms with Gasteiger partial charge in [-0.05, 0) is 43.2 Å². The minimum Gasteiger partial charge on any atom is -0.497 e. The zero-order valence-electron chi connectivity index (χ0n) is 13.2. The lowest BCUT2D eigenvalue weighted by Gasteiger charge is -2.14. The van der Waals surface area contributed by atoms with E-state index in [1.165, 1.54) is 0 Å². The summed E-state index contributed by atoms with van der Waals surface area (Å²) in [5.74, 6) is 1.20. The number of hydrogen-bond donors (Lipinski definition) is 2. The number of benzene rings is 2. The van der Waals surface area contributed by atoms with Crippen LogP contribution in [-0.4, -0.2) is 20.3 Å². The van der Waals surface area contributed by atoms with Gasteiger partial charge in [-0.2, -0.15) is 0 Å². The maximum atomic E-state index is 12.2. The first-order valence-electron chi connectivity index (χ1n) is 6.91. The van der Waals surface area contributed by atoms with Crippen LogP contribution in [0.4, 0.5) is 16.2 Å². The van der Waals surface area contributed by atoms with Gasteiger partial charge in [0.25, 0.3) is 0 Å². The predicted octanol–water partition coefficient (Wildman–Crippen LogP) is 3.96. The van der Waals surface area contributed by atoms with E-state index in [1.807, 2.05) is 32.0 Å². The average Bonchev–Trinajstić information content (AvgIpc) is 2.52. The van der Waals surface area contributed by atoms with E-state index in [4.69, 9.17) is 9.47 Å². The zero-order chi connectivity index (χ0) is 16.1. The van der Waals surface area contributed by atoms with Crippen molar-refractivity contribution in [3.8, 4) is 11.5 Å². The number of carbonyl (C=O) groups excluding carboxylic acids is 1. The molecule has 0 aliphatic carbocycles. The second kappa shape index (κ2) is 6.85. The molecule has 0 aliphatic heterocycles. The Labute approximate surface area is 130 Å². The van der Waals surface area contributed by atoms with Gasteiger partial charge < -0.3 is 20.1 Å². The summed E-state index contributed by atoms with van der Waals surface area (Å²) in [6, 6.07) is 10.7. The van der Waals surface area contributed by atoms with E-state index in [0.717, 1.165) is 16.8 Å². The third kappa shape index (κ3) is 3.49. The Balaban J connectivity index is 2.14. The molecule has 0 bridgehead atoms. The summed E-state index contributed by atoms with van der Waals surface area (Å²) < 4.78 is 10.4. The Bertz CT molecular complexity index is 684. The largest absolute Gasteiger partial charge is 0.497 e. The number of aryl methyl sites for hydroxylation is 1. The molecule has 5 nitrogen and oxygen atoms in total. The van der Waals surface area contributed by atoms with Crippen LogP contribution in [0.3, 0.4) is 0 Å². The third-order valence-corrected chi connectivity index (χ3v) is 3.51. The molecule has 0 radical (unpaired) electrons. The van der Waals surface area contributed by atoms with Crippen molar-refractivity contribution >= 4 is 17.4 Å². The van der Waals surface area contributed by atoms with Gasteiger partial charge in [0.1, 0.15) is 11.5 Å². The second-order valence-corrected chi connectivity index (χ2v) is 4.89. The fraction of sp³-hybridized carbons (Fsp3) is 0.235. The van der Waals surface area contributed by atoms with Gasteiger partial charge in [-0.25, -0.2) is 4.79 Å². The standard InChI is InChI=1S/C17H20N2O3/c1-11-6-5-7-14(12(11)2)18-17(20)19-15-9-8-13(21-3)10-16(15)22-4/h5-10H,1-4H3,(H2,18,19,20). The number of ether oxygens (including phenoxy) is 2. The van der Waals surface area contributed by atoms with Gasteiger partial charge in [0.2, 0.25) is 0 Å². The fourth-order valence-corrected chi connectivity index (χ4v) is 2.06. The molecule has 0 aliphatic rings. The Morgan fingerprint density at radius 1 is 0.955 bits per heavy atom. The summed E-state index contributed by atoms with van der Waals surface area (Å²) in [4.78, 5) is 12.2. The molecule has 2 rings (SSSR count). The highest BCUT2D eigenvalue weighted by Crippen LogP contribution is 2.29. The highest BCUT2D eigenvalue weighted by molar-refractivity contribution is 6.01. The summed E-state index contributed by atoms with van der Waals surface area (Å²) in [7, 11) is 3.12. The van der Waals surface area contributed by atoms with Crippen LogP contribution >= 0.6 is 0 Å². The number of methoxy groups -OCH3 is 2. The highest BCUT2D eigenvalue weighted by Gasteiger charge is 2.10. The molecule has 22 heavy (non-hydrogen) atoms. The Morgan fingerprint density at radius 3 is 2.36 bits per heavy atom. The molecule has 0 saturated heterocycles. The second-order valence-electron chi connectivity index (χ2n) is 4.89. The molecular formula is C17H20N2O3. The first kappa shape index (κ1) is 15.7. The van der Waals surface area contributed by atoms with Crippen molar-refractivity contribution in [2.75, 3.05) is 24.9 Å². The van der Waals surface area contributed by atoms with Crippen LogP contribution in [-0.2, 0) is 0 Å². The Kier molecular flexibility index (Phi) is 4.88. The van der Waals surface area contributed by atoms with E-state index in [2.05, 4.69) is 10.6 Å². The van der Waals surface area contributed by atoms with E-state index in [9.17, 15) is 4.79 Å². The number of carbonyl (C=O) groups is 1. The number of urea groups is 1. The molecule has 2 aromatic carbocycles. The van der Waals surface area contributed by atoms with Crippen LogP contribution in [0.15, 0.2) is 36.4 Å². The molecule has 2 aromatic rings. The lowest BCUT2D eigenvalue weighted by atomic mass is 10.1. The van der Waals surface area contributed by atoms with Crippen LogP contribution < -0.4 is 20.1 Å². The Hall–Kier alpha value is -2.69. The number of rotatable bonds is 4. The molecule has 0 unspecified atom stereocenters. The third-order valence-electron chi connectivity index (χ3n) is 3.51. The zero-order valence-corrected chi connectivity index (χ0v) is 13.2. The van der Waals surface area contributed by atoms with E-state index >= 15 is 0 Å². The monoisotopic (exact) mass is 300 g/mol. The first-order chi connectivity index (χ1) is 10.5. The van der Waals surface area contributed by atoms with Crippen LogP contribution in [0, 0.1) is 13.8 Å². The molecule has 2 amide bonds. The summed E-state index contributed by atoms with van der Waals surface area (Å²) >= 11 is 0. The van der Waals surface area contributed by atoms with Crippen molar-refractivity contribution in [1.82, 2.24) is 0 Å². The van der Waals surface area contributed by atoms with E-state index in [-0.39, 0.29) is 6.03 Å². The summed E-state index contributed by atoms with van der Waals surface area (Å²) in [5.41, 5.74) is 3.52. The van der Waals surface area contributed by atoms with Crippen LogP contribution in [0.1, 0.15) is 11.1 Å². The van der Waals surface area contributed by atoms with Crippen molar-refractivity contribution in [3.63, 3.8) is 0 Å². The molecule has 116 valence electrons. The van der Waals surface area contributed by atoms with E-state index in [0.29, 0.717) is 17.2 Å². The van der Waals surface area contributed by atoms with Crippen LogP contribution in [0.25, 0.3) is 0 Å². The van der Waals surface area contributed by atoms with Gasteiger partial charge >= 0.3 is 6.03 Å². The molecule has 0 saturated carbocycles. The maximum Gasteiger partial charge on any atom is 0.323 e. The van der Waals surface area contributed by atoms with Gasteiger partial charge in [-0.1, -0.05) is 12.1 Å². The lowest BCUT2D eigenvalue weighted by molar-refractivity contribution is 0.262. The molecule has 5 heteroatoms. The Morgan fingerprint density at radius 2 is 1.68 bits per heavy atom. The molecule has 2 N–H and O–H groups in total. The quantitative estimate of drug-likeness (QED) is 0.898. The van der Waals surface area contributed by atoms with Gasteiger partial charge in [-0.15, -0.1) is 0 Å². The highest BCUT2D eigenvalue weighted by atomic mass is 16.5. The predicted molar refractivity (Wildman–Crippen MR) is 88.1 cm³/mol. The van der Waals surface area contributed by atoms with Gasteiger partial charge in [-0.3, -0.25) is 0 Å². The SMILES string of the molecule is COc1ccc(NC(=O)Nc2cccc(C)c2C)c(OC)c1. The molecule has 0 heterocycles. The van der Waals surface area contributed by atoms with E-state index < -0.39 is 0 Å². The molecular weight excluding hydrogens is 280 g/mol. The number of anilines is 2. The molecule has 0 aromatic heterocycles. The smallest absolute Gasteiger partial charge is 0.323 e. The van der Waals surface area contributed by atoms with Crippen LogP contribution in [0.2, 0.25) is 0 Å². The van der Waals surface area contributed by atoms with Crippen LogP contribution in [0.5, 0.6) is 11.5 Å². The first-order valence-corrected chi connectivity index (χ1v) is 6.91. The number of nitrogens with one attached hydrogen (secondary N) is 2. The minimum atomic E-state index is -0.322. The summed E-state index contributed by atoms with van der Waals surface area (Å²) in [5, 5.41) is 5.62. The van der Waals surface area contributed by atoms with Crippen molar-refractivity contribution < 1.29 is 14.3 Å². The van der Waals surface area contributed by atoms with Gasteiger partial charge in [0.05, 0.1) is 19.9 Å². The molecule has 0 spiro atoms. The molecule has 0 fully saturated rings. The fourth-order valence-electron chi connectivity index (χ4n) is 2.06. The number of hydrogen-bond acceptors (Lipinski definition) is 3. The minimum absolute atomic E-state index is 0.322. The van der Waals surface area contributed by atoms with Gasteiger partial charge in [0, 0.05) is 11.8 Å².